The predicted octanol–water partition coefficient (Wildman–Crippen LogP) is 1.13. The number of rotatable bonds is 5. The van der Waals surface area contributed by atoms with Gasteiger partial charge in [-0.1, -0.05) is 6.92 Å². The monoisotopic (exact) mass is 345 g/mol. The Labute approximate surface area is 135 Å². The van der Waals surface area contributed by atoms with Gasteiger partial charge in [0, 0.05) is 30.9 Å². The zero-order chi connectivity index (χ0) is 16.3. The number of sulfonamides is 1. The SMILES string of the molecule is CC(=O)NCc1ccc(S(=O)(=O)N2CCC[C@H](C)[C@H]2CN)s1. The number of carbonyl (C=O) groups excluding carboxylic acids is 1. The van der Waals surface area contributed by atoms with Gasteiger partial charge >= 0.3 is 0 Å². The molecule has 0 spiro atoms. The lowest BCUT2D eigenvalue weighted by Crippen LogP contribution is -2.51. The normalized spacial score (nSPS) is 23.4. The third-order valence-electron chi connectivity index (χ3n) is 4.02. The highest BCUT2D eigenvalue weighted by atomic mass is 32.2. The molecule has 1 aliphatic heterocycles. The van der Waals surface area contributed by atoms with E-state index in [-0.39, 0.29) is 17.9 Å². The minimum Gasteiger partial charge on any atom is -0.351 e. The van der Waals surface area contributed by atoms with Gasteiger partial charge in [-0.2, -0.15) is 4.31 Å². The summed E-state index contributed by atoms with van der Waals surface area (Å²) in [5.41, 5.74) is 5.79. The van der Waals surface area contributed by atoms with E-state index < -0.39 is 10.0 Å². The first-order chi connectivity index (χ1) is 10.4. The molecule has 2 rings (SSSR count). The molecule has 1 fully saturated rings. The summed E-state index contributed by atoms with van der Waals surface area (Å²) >= 11 is 1.20. The topological polar surface area (TPSA) is 92.5 Å². The van der Waals surface area contributed by atoms with Crippen molar-refractivity contribution in [3.05, 3.63) is 17.0 Å². The van der Waals surface area contributed by atoms with Crippen molar-refractivity contribution >= 4 is 27.3 Å². The van der Waals surface area contributed by atoms with Crippen molar-refractivity contribution in [2.24, 2.45) is 11.7 Å². The van der Waals surface area contributed by atoms with Gasteiger partial charge in [0.05, 0.1) is 6.54 Å². The lowest BCUT2D eigenvalue weighted by Gasteiger charge is -2.37. The third kappa shape index (κ3) is 3.68. The Morgan fingerprint density at radius 3 is 2.86 bits per heavy atom. The molecule has 3 N–H and O–H groups in total. The molecule has 0 radical (unpaired) electrons. The first kappa shape index (κ1) is 17.4. The largest absolute Gasteiger partial charge is 0.351 e. The number of amides is 1. The van der Waals surface area contributed by atoms with Gasteiger partial charge in [-0.15, -0.1) is 11.3 Å². The Kier molecular flexibility index (Phi) is 5.60. The van der Waals surface area contributed by atoms with E-state index in [4.69, 9.17) is 5.73 Å². The second-order valence-electron chi connectivity index (χ2n) is 5.67. The van der Waals surface area contributed by atoms with Crippen molar-refractivity contribution < 1.29 is 13.2 Å². The molecule has 1 aromatic heterocycles. The van der Waals surface area contributed by atoms with Crippen LogP contribution in [0.4, 0.5) is 0 Å². The third-order valence-corrected chi connectivity index (χ3v) is 7.49. The molecule has 0 bridgehead atoms. The zero-order valence-electron chi connectivity index (χ0n) is 12.9. The van der Waals surface area contributed by atoms with Crippen molar-refractivity contribution in [1.29, 1.82) is 0 Å². The highest BCUT2D eigenvalue weighted by Crippen LogP contribution is 2.31. The van der Waals surface area contributed by atoms with Gasteiger partial charge in [-0.25, -0.2) is 8.42 Å². The molecule has 2 heterocycles. The fourth-order valence-corrected chi connectivity index (χ4v) is 5.97. The molecule has 0 saturated carbocycles. The standard InChI is InChI=1S/C14H23N3O3S2/c1-10-4-3-7-17(13(10)8-15)22(19,20)14-6-5-12(21-14)9-16-11(2)18/h5-6,10,13H,3-4,7-9,15H2,1-2H3,(H,16,18)/t10-,13+/m0/s1. The van der Waals surface area contributed by atoms with Crippen LogP contribution in [-0.2, 0) is 21.4 Å². The average Bonchev–Trinajstić information content (AvgIpc) is 2.94. The summed E-state index contributed by atoms with van der Waals surface area (Å²) in [6.07, 6.45) is 1.87. The number of carbonyl (C=O) groups is 1. The molecule has 2 atom stereocenters. The predicted molar refractivity (Wildman–Crippen MR) is 87.0 cm³/mol. The van der Waals surface area contributed by atoms with Crippen LogP contribution < -0.4 is 11.1 Å². The quantitative estimate of drug-likeness (QED) is 0.837. The number of nitrogens with zero attached hydrogens (tertiary/aromatic N) is 1. The van der Waals surface area contributed by atoms with Gasteiger partial charge in [-0.05, 0) is 30.9 Å². The highest BCUT2D eigenvalue weighted by molar-refractivity contribution is 7.91. The highest BCUT2D eigenvalue weighted by Gasteiger charge is 2.37. The van der Waals surface area contributed by atoms with E-state index in [0.29, 0.717) is 23.8 Å². The smallest absolute Gasteiger partial charge is 0.252 e. The molecule has 0 aromatic carbocycles. The summed E-state index contributed by atoms with van der Waals surface area (Å²) < 4.78 is 27.6. The van der Waals surface area contributed by atoms with Crippen LogP contribution in [0.25, 0.3) is 0 Å². The Bertz CT molecular complexity index is 627. The van der Waals surface area contributed by atoms with Crippen LogP contribution in [0.2, 0.25) is 0 Å². The first-order valence-electron chi connectivity index (χ1n) is 7.41. The summed E-state index contributed by atoms with van der Waals surface area (Å²) in [6.45, 7) is 4.70. The molecular formula is C14H23N3O3S2. The van der Waals surface area contributed by atoms with Crippen LogP contribution in [0, 0.1) is 5.92 Å². The minimum absolute atomic E-state index is 0.133. The van der Waals surface area contributed by atoms with Crippen LogP contribution >= 0.6 is 11.3 Å². The van der Waals surface area contributed by atoms with Crippen LogP contribution in [0.15, 0.2) is 16.3 Å². The van der Waals surface area contributed by atoms with E-state index in [0.717, 1.165) is 17.7 Å². The molecule has 0 unspecified atom stereocenters. The minimum atomic E-state index is -3.51. The molecule has 8 heteroatoms. The fourth-order valence-electron chi connectivity index (χ4n) is 2.78. The lowest BCUT2D eigenvalue weighted by molar-refractivity contribution is -0.119. The number of nitrogens with one attached hydrogen (secondary N) is 1. The Morgan fingerprint density at radius 2 is 2.23 bits per heavy atom. The molecule has 0 aliphatic carbocycles. The molecule has 22 heavy (non-hydrogen) atoms. The number of hydrogen-bond acceptors (Lipinski definition) is 5. The first-order valence-corrected chi connectivity index (χ1v) is 9.67. The summed E-state index contributed by atoms with van der Waals surface area (Å²) in [7, 11) is -3.51. The van der Waals surface area contributed by atoms with Crippen LogP contribution in [-0.4, -0.2) is 37.8 Å². The molecule has 124 valence electrons. The van der Waals surface area contributed by atoms with E-state index in [1.165, 1.54) is 18.3 Å². The van der Waals surface area contributed by atoms with Gasteiger partial charge < -0.3 is 11.1 Å². The maximum absolute atomic E-state index is 12.8. The molecule has 6 nitrogen and oxygen atoms in total. The summed E-state index contributed by atoms with van der Waals surface area (Å²) in [5, 5.41) is 2.68. The molecule has 1 aliphatic rings. The van der Waals surface area contributed by atoms with Gasteiger partial charge in [0.1, 0.15) is 4.21 Å². The Hall–Kier alpha value is -0.960. The van der Waals surface area contributed by atoms with E-state index in [1.807, 2.05) is 0 Å². The number of piperidine rings is 1. The van der Waals surface area contributed by atoms with Crippen molar-refractivity contribution in [3.8, 4) is 0 Å². The molecule has 1 saturated heterocycles. The number of thiophene rings is 1. The van der Waals surface area contributed by atoms with E-state index in [9.17, 15) is 13.2 Å². The van der Waals surface area contributed by atoms with E-state index in [1.54, 1.807) is 16.4 Å². The van der Waals surface area contributed by atoms with Crippen molar-refractivity contribution in [3.63, 3.8) is 0 Å². The summed E-state index contributed by atoms with van der Waals surface area (Å²) in [6, 6.07) is 3.22. The van der Waals surface area contributed by atoms with Gasteiger partial charge in [0.15, 0.2) is 0 Å². The Balaban J connectivity index is 2.20. The second kappa shape index (κ2) is 7.08. The summed E-state index contributed by atoms with van der Waals surface area (Å²) in [5.74, 6) is 0.137. The van der Waals surface area contributed by atoms with Gasteiger partial charge in [-0.3, -0.25) is 4.79 Å². The van der Waals surface area contributed by atoms with Gasteiger partial charge in [0.2, 0.25) is 5.91 Å². The molecular weight excluding hydrogens is 322 g/mol. The van der Waals surface area contributed by atoms with Crippen LogP contribution in [0.1, 0.15) is 31.6 Å². The number of nitrogens with two attached hydrogens (primary N) is 1. The molecule has 1 amide bonds. The maximum atomic E-state index is 12.8. The van der Waals surface area contributed by atoms with E-state index in [2.05, 4.69) is 12.2 Å². The lowest BCUT2D eigenvalue weighted by atomic mass is 9.93. The molecule has 1 aromatic rings. The van der Waals surface area contributed by atoms with Crippen molar-refractivity contribution in [2.45, 2.75) is 43.5 Å². The number of hydrogen-bond donors (Lipinski definition) is 2. The zero-order valence-corrected chi connectivity index (χ0v) is 14.5. The van der Waals surface area contributed by atoms with Crippen molar-refractivity contribution in [1.82, 2.24) is 9.62 Å². The summed E-state index contributed by atoms with van der Waals surface area (Å²) in [4.78, 5) is 11.8. The van der Waals surface area contributed by atoms with Gasteiger partial charge in [0.25, 0.3) is 10.0 Å². The Morgan fingerprint density at radius 1 is 1.50 bits per heavy atom. The van der Waals surface area contributed by atoms with Crippen molar-refractivity contribution in [2.75, 3.05) is 13.1 Å². The van der Waals surface area contributed by atoms with Crippen LogP contribution in [0.5, 0.6) is 0 Å². The maximum Gasteiger partial charge on any atom is 0.252 e. The second-order valence-corrected chi connectivity index (χ2v) is 8.95. The average molecular weight is 345 g/mol. The fraction of sp³-hybridized carbons (Fsp3) is 0.643. The van der Waals surface area contributed by atoms with E-state index >= 15 is 0 Å². The van der Waals surface area contributed by atoms with Crippen LogP contribution in [0.3, 0.4) is 0 Å².